The summed E-state index contributed by atoms with van der Waals surface area (Å²) in [6.07, 6.45) is 0. The van der Waals surface area contributed by atoms with Crippen molar-refractivity contribution in [3.8, 4) is 5.75 Å². The third-order valence-electron chi connectivity index (χ3n) is 2.97. The van der Waals surface area contributed by atoms with Gasteiger partial charge in [0.15, 0.2) is 6.61 Å². The molecular weight excluding hydrogens is 348 g/mol. The molecule has 0 aliphatic carbocycles. The Morgan fingerprint density at radius 3 is 2.64 bits per heavy atom. The SMILES string of the molecule is Cc1cc(OCC(=O)Nc2ccccc2C(N)=O)ccc1Br. The lowest BCUT2D eigenvalue weighted by molar-refractivity contribution is -0.118. The molecule has 0 spiro atoms. The van der Waals surface area contributed by atoms with Crippen LogP contribution in [0.3, 0.4) is 0 Å². The molecule has 0 aliphatic rings. The maximum atomic E-state index is 11.9. The van der Waals surface area contributed by atoms with Gasteiger partial charge < -0.3 is 15.8 Å². The van der Waals surface area contributed by atoms with E-state index in [1.165, 1.54) is 0 Å². The molecule has 3 N–H and O–H groups in total. The zero-order chi connectivity index (χ0) is 16.1. The highest BCUT2D eigenvalue weighted by Crippen LogP contribution is 2.21. The van der Waals surface area contributed by atoms with Gasteiger partial charge in [0.1, 0.15) is 5.75 Å². The first-order valence-corrected chi connectivity index (χ1v) is 7.34. The van der Waals surface area contributed by atoms with Gasteiger partial charge >= 0.3 is 0 Å². The minimum Gasteiger partial charge on any atom is -0.484 e. The van der Waals surface area contributed by atoms with Gasteiger partial charge in [-0.1, -0.05) is 28.1 Å². The lowest BCUT2D eigenvalue weighted by Crippen LogP contribution is -2.22. The van der Waals surface area contributed by atoms with E-state index in [-0.39, 0.29) is 18.1 Å². The Bertz CT molecular complexity index is 716. The van der Waals surface area contributed by atoms with Crippen LogP contribution in [0.15, 0.2) is 46.9 Å². The van der Waals surface area contributed by atoms with E-state index in [1.54, 1.807) is 30.3 Å². The van der Waals surface area contributed by atoms with E-state index in [1.807, 2.05) is 19.1 Å². The predicted molar refractivity (Wildman–Crippen MR) is 88.0 cm³/mol. The van der Waals surface area contributed by atoms with Crippen LogP contribution in [0.5, 0.6) is 5.75 Å². The monoisotopic (exact) mass is 362 g/mol. The number of primary amides is 1. The Morgan fingerprint density at radius 2 is 1.95 bits per heavy atom. The number of para-hydroxylation sites is 1. The summed E-state index contributed by atoms with van der Waals surface area (Å²) in [5.41, 5.74) is 6.90. The van der Waals surface area contributed by atoms with Crippen molar-refractivity contribution in [2.75, 3.05) is 11.9 Å². The number of anilines is 1. The number of hydrogen-bond donors (Lipinski definition) is 2. The van der Waals surface area contributed by atoms with E-state index in [4.69, 9.17) is 10.5 Å². The highest BCUT2D eigenvalue weighted by Gasteiger charge is 2.10. The van der Waals surface area contributed by atoms with Crippen LogP contribution in [-0.4, -0.2) is 18.4 Å². The molecule has 0 aliphatic heterocycles. The van der Waals surface area contributed by atoms with Crippen molar-refractivity contribution >= 4 is 33.4 Å². The second kappa shape index (κ2) is 7.09. The van der Waals surface area contributed by atoms with Gasteiger partial charge in [-0.3, -0.25) is 9.59 Å². The van der Waals surface area contributed by atoms with Gasteiger partial charge in [0.2, 0.25) is 0 Å². The molecule has 0 radical (unpaired) electrons. The number of ether oxygens (including phenoxy) is 1. The van der Waals surface area contributed by atoms with Crippen molar-refractivity contribution in [1.29, 1.82) is 0 Å². The number of carbonyl (C=O) groups excluding carboxylic acids is 2. The zero-order valence-electron chi connectivity index (χ0n) is 11.9. The minimum absolute atomic E-state index is 0.159. The quantitative estimate of drug-likeness (QED) is 0.857. The summed E-state index contributed by atoms with van der Waals surface area (Å²) in [4.78, 5) is 23.2. The second-order valence-electron chi connectivity index (χ2n) is 4.66. The summed E-state index contributed by atoms with van der Waals surface area (Å²) in [5, 5.41) is 2.61. The second-order valence-corrected chi connectivity index (χ2v) is 5.51. The molecule has 0 unspecified atom stereocenters. The Kier molecular flexibility index (Phi) is 5.16. The van der Waals surface area contributed by atoms with Crippen molar-refractivity contribution in [1.82, 2.24) is 0 Å². The Morgan fingerprint density at radius 1 is 1.23 bits per heavy atom. The normalized spacial score (nSPS) is 10.1. The van der Waals surface area contributed by atoms with Crippen molar-refractivity contribution < 1.29 is 14.3 Å². The first-order chi connectivity index (χ1) is 10.5. The topological polar surface area (TPSA) is 81.4 Å². The zero-order valence-corrected chi connectivity index (χ0v) is 13.5. The predicted octanol–water partition coefficient (Wildman–Crippen LogP) is 2.87. The molecule has 0 atom stereocenters. The molecule has 0 heterocycles. The van der Waals surface area contributed by atoms with Crippen LogP contribution in [0.1, 0.15) is 15.9 Å². The molecule has 6 heteroatoms. The van der Waals surface area contributed by atoms with E-state index in [0.29, 0.717) is 11.4 Å². The van der Waals surface area contributed by atoms with Gasteiger partial charge in [-0.25, -0.2) is 0 Å². The number of aryl methyl sites for hydroxylation is 1. The van der Waals surface area contributed by atoms with E-state index in [9.17, 15) is 9.59 Å². The van der Waals surface area contributed by atoms with Crippen LogP contribution >= 0.6 is 15.9 Å². The smallest absolute Gasteiger partial charge is 0.262 e. The van der Waals surface area contributed by atoms with Crippen molar-refractivity contribution in [2.24, 2.45) is 5.73 Å². The number of amides is 2. The summed E-state index contributed by atoms with van der Waals surface area (Å²) in [6, 6.07) is 12.0. The first-order valence-electron chi connectivity index (χ1n) is 6.55. The van der Waals surface area contributed by atoms with Gasteiger partial charge in [-0.05, 0) is 42.8 Å². The molecule has 22 heavy (non-hydrogen) atoms. The summed E-state index contributed by atoms with van der Waals surface area (Å²) in [5.74, 6) is -0.367. The Hall–Kier alpha value is -2.34. The van der Waals surface area contributed by atoms with Gasteiger partial charge in [0, 0.05) is 4.47 Å². The number of halogens is 1. The summed E-state index contributed by atoms with van der Waals surface area (Å²) in [6.45, 7) is 1.77. The van der Waals surface area contributed by atoms with E-state index >= 15 is 0 Å². The van der Waals surface area contributed by atoms with Crippen LogP contribution in [-0.2, 0) is 4.79 Å². The standard InChI is InChI=1S/C16H15BrN2O3/c1-10-8-11(6-7-13(10)17)22-9-15(20)19-14-5-3-2-4-12(14)16(18)21/h2-8H,9H2,1H3,(H2,18,21)(H,19,20). The third-order valence-corrected chi connectivity index (χ3v) is 3.86. The number of nitrogens with one attached hydrogen (secondary N) is 1. The molecule has 114 valence electrons. The molecule has 0 aromatic heterocycles. The van der Waals surface area contributed by atoms with Gasteiger partial charge in [0.25, 0.3) is 11.8 Å². The summed E-state index contributed by atoms with van der Waals surface area (Å²) < 4.78 is 6.40. The van der Waals surface area contributed by atoms with E-state index in [0.717, 1.165) is 10.0 Å². The fraction of sp³-hybridized carbons (Fsp3) is 0.125. The molecule has 0 saturated carbocycles. The van der Waals surface area contributed by atoms with E-state index < -0.39 is 5.91 Å². The Labute approximate surface area is 136 Å². The highest BCUT2D eigenvalue weighted by molar-refractivity contribution is 9.10. The molecular formula is C16H15BrN2O3. The maximum Gasteiger partial charge on any atom is 0.262 e. The minimum atomic E-state index is -0.597. The van der Waals surface area contributed by atoms with Gasteiger partial charge in [0.05, 0.1) is 11.3 Å². The number of carbonyl (C=O) groups is 2. The number of nitrogens with two attached hydrogens (primary N) is 1. The lowest BCUT2D eigenvalue weighted by atomic mass is 10.1. The summed E-state index contributed by atoms with van der Waals surface area (Å²) in [7, 11) is 0. The van der Waals surface area contributed by atoms with Crippen molar-refractivity contribution in [2.45, 2.75) is 6.92 Å². The van der Waals surface area contributed by atoms with Crippen LogP contribution in [0.25, 0.3) is 0 Å². The number of rotatable bonds is 5. The van der Waals surface area contributed by atoms with Crippen LogP contribution in [0.2, 0.25) is 0 Å². The maximum absolute atomic E-state index is 11.9. The highest BCUT2D eigenvalue weighted by atomic mass is 79.9. The first kappa shape index (κ1) is 16.0. The van der Waals surface area contributed by atoms with Crippen molar-refractivity contribution in [3.05, 3.63) is 58.1 Å². The molecule has 2 rings (SSSR count). The number of hydrogen-bond acceptors (Lipinski definition) is 3. The largest absolute Gasteiger partial charge is 0.484 e. The number of benzene rings is 2. The third kappa shape index (κ3) is 4.08. The molecule has 0 fully saturated rings. The van der Waals surface area contributed by atoms with Crippen LogP contribution < -0.4 is 15.8 Å². The van der Waals surface area contributed by atoms with Crippen molar-refractivity contribution in [3.63, 3.8) is 0 Å². The van der Waals surface area contributed by atoms with E-state index in [2.05, 4.69) is 21.2 Å². The molecule has 2 amide bonds. The Balaban J connectivity index is 1.99. The fourth-order valence-corrected chi connectivity index (χ4v) is 2.10. The van der Waals surface area contributed by atoms with Gasteiger partial charge in [-0.15, -0.1) is 0 Å². The average molecular weight is 363 g/mol. The lowest BCUT2D eigenvalue weighted by Gasteiger charge is -2.10. The molecule has 2 aromatic carbocycles. The summed E-state index contributed by atoms with van der Waals surface area (Å²) >= 11 is 3.40. The van der Waals surface area contributed by atoms with Crippen LogP contribution in [0, 0.1) is 6.92 Å². The average Bonchev–Trinajstić information content (AvgIpc) is 2.49. The van der Waals surface area contributed by atoms with Gasteiger partial charge in [-0.2, -0.15) is 0 Å². The van der Waals surface area contributed by atoms with Crippen LogP contribution in [0.4, 0.5) is 5.69 Å². The fourth-order valence-electron chi connectivity index (χ4n) is 1.85. The molecule has 0 bridgehead atoms. The molecule has 0 saturated heterocycles. The molecule has 2 aromatic rings. The molecule has 5 nitrogen and oxygen atoms in total.